The van der Waals surface area contributed by atoms with Gasteiger partial charge in [-0.2, -0.15) is 0 Å². The van der Waals surface area contributed by atoms with Gasteiger partial charge in [0.1, 0.15) is 5.75 Å². The second kappa shape index (κ2) is 7.82. The molecule has 0 radical (unpaired) electrons. The minimum Gasteiger partial charge on any atom is -0.464 e. The predicted molar refractivity (Wildman–Crippen MR) is 95.1 cm³/mol. The minimum absolute atomic E-state index is 0.275. The van der Waals surface area contributed by atoms with Crippen LogP contribution in [0.4, 0.5) is 0 Å². The third-order valence-electron chi connectivity index (χ3n) is 2.73. The van der Waals surface area contributed by atoms with Gasteiger partial charge in [0.25, 0.3) is 5.91 Å². The average Bonchev–Trinajstić information content (AvgIpc) is 2.47. The molecule has 0 saturated heterocycles. The summed E-state index contributed by atoms with van der Waals surface area (Å²) in [5.41, 5.74) is 0.305. The lowest BCUT2D eigenvalue weighted by Crippen LogP contribution is -2.47. The van der Waals surface area contributed by atoms with E-state index in [0.717, 1.165) is 0 Å². The van der Waals surface area contributed by atoms with E-state index in [1.54, 1.807) is 42.5 Å². The summed E-state index contributed by atoms with van der Waals surface area (Å²) >= 11 is 29.5. The molecule has 23 heavy (non-hydrogen) atoms. The Kier molecular flexibility index (Phi) is 6.29. The number of hydrogen-bond donors (Lipinski definition) is 1. The number of rotatable bonds is 4. The first kappa shape index (κ1) is 18.5. The molecule has 0 aliphatic heterocycles. The number of benzene rings is 2. The van der Waals surface area contributed by atoms with E-state index in [2.05, 4.69) is 5.32 Å². The summed E-state index contributed by atoms with van der Waals surface area (Å²) in [5, 5.41) is 3.24. The Morgan fingerprint density at radius 1 is 1.04 bits per heavy atom. The lowest BCUT2D eigenvalue weighted by Gasteiger charge is -2.26. The number of para-hydroxylation sites is 1. The first-order valence-electron chi connectivity index (χ1n) is 6.31. The van der Waals surface area contributed by atoms with Crippen LogP contribution in [0.25, 0.3) is 0 Å². The molecule has 0 aliphatic carbocycles. The zero-order valence-electron chi connectivity index (χ0n) is 11.4. The Balaban J connectivity index is 2.20. The zero-order chi connectivity index (χ0) is 17.0. The molecule has 0 heterocycles. The number of halogens is 5. The van der Waals surface area contributed by atoms with Gasteiger partial charge in [0.15, 0.2) is 0 Å². The van der Waals surface area contributed by atoms with Gasteiger partial charge in [-0.05, 0) is 30.3 Å². The number of alkyl halides is 3. The zero-order valence-corrected chi connectivity index (χ0v) is 15.2. The monoisotopic (exact) mass is 411 g/mol. The summed E-state index contributed by atoms with van der Waals surface area (Å²) in [6.07, 6.45) is -1.25. The van der Waals surface area contributed by atoms with Crippen molar-refractivity contribution in [2.45, 2.75) is 10.0 Å². The predicted octanol–water partition coefficient (Wildman–Crippen LogP) is 5.50. The summed E-state index contributed by atoms with van der Waals surface area (Å²) in [6.45, 7) is 0. The van der Waals surface area contributed by atoms with Crippen LogP contribution < -0.4 is 10.1 Å². The van der Waals surface area contributed by atoms with Crippen LogP contribution in [0, 0.1) is 0 Å². The third-order valence-corrected chi connectivity index (χ3v) is 3.87. The van der Waals surface area contributed by atoms with E-state index in [4.69, 9.17) is 62.7 Å². The van der Waals surface area contributed by atoms with E-state index in [9.17, 15) is 4.79 Å². The van der Waals surface area contributed by atoms with Gasteiger partial charge >= 0.3 is 0 Å². The lowest BCUT2D eigenvalue weighted by molar-refractivity contribution is 0.0833. The van der Waals surface area contributed by atoms with E-state index in [1.807, 2.05) is 0 Å². The highest BCUT2D eigenvalue weighted by Crippen LogP contribution is 2.34. The molecule has 1 N–H and O–H groups in total. The average molecular weight is 414 g/mol. The summed E-state index contributed by atoms with van der Waals surface area (Å²) in [7, 11) is 0. The quantitative estimate of drug-likeness (QED) is 0.531. The number of carbonyl (C=O) groups excluding carboxylic acids is 1. The van der Waals surface area contributed by atoms with E-state index < -0.39 is 15.9 Å². The Labute approximate surface area is 158 Å². The maximum absolute atomic E-state index is 12.3. The van der Waals surface area contributed by atoms with Crippen LogP contribution in [0.1, 0.15) is 10.4 Å². The smallest absolute Gasteiger partial charge is 0.254 e. The van der Waals surface area contributed by atoms with Gasteiger partial charge in [0, 0.05) is 10.6 Å². The van der Waals surface area contributed by atoms with E-state index in [0.29, 0.717) is 15.6 Å². The fourth-order valence-electron chi connectivity index (χ4n) is 1.68. The molecule has 2 aromatic rings. The molecule has 2 aromatic carbocycles. The second-order valence-electron chi connectivity index (χ2n) is 4.45. The van der Waals surface area contributed by atoms with Crippen LogP contribution in [0.2, 0.25) is 10.0 Å². The van der Waals surface area contributed by atoms with Crippen LogP contribution in [0.3, 0.4) is 0 Å². The van der Waals surface area contributed by atoms with Gasteiger partial charge in [-0.15, -0.1) is 0 Å². The molecule has 0 saturated carbocycles. The lowest BCUT2D eigenvalue weighted by atomic mass is 10.2. The maximum Gasteiger partial charge on any atom is 0.254 e. The first-order chi connectivity index (χ1) is 10.8. The van der Waals surface area contributed by atoms with Crippen molar-refractivity contribution in [3.63, 3.8) is 0 Å². The second-order valence-corrected chi connectivity index (χ2v) is 7.67. The van der Waals surface area contributed by atoms with E-state index >= 15 is 0 Å². The fraction of sp³-hybridized carbons (Fsp3) is 0.133. The number of hydrogen-bond acceptors (Lipinski definition) is 2. The van der Waals surface area contributed by atoms with Crippen LogP contribution in [0.15, 0.2) is 48.5 Å². The van der Waals surface area contributed by atoms with Crippen molar-refractivity contribution in [1.29, 1.82) is 0 Å². The Morgan fingerprint density at radius 3 is 2.35 bits per heavy atom. The molecule has 1 amide bonds. The number of carbonyl (C=O) groups is 1. The maximum atomic E-state index is 12.3. The van der Waals surface area contributed by atoms with Gasteiger partial charge in [-0.3, -0.25) is 4.79 Å². The van der Waals surface area contributed by atoms with E-state index in [-0.39, 0.29) is 5.75 Å². The van der Waals surface area contributed by atoms with Crippen LogP contribution >= 0.6 is 58.0 Å². The van der Waals surface area contributed by atoms with Gasteiger partial charge in [0.05, 0.1) is 5.02 Å². The van der Waals surface area contributed by atoms with Crippen molar-refractivity contribution in [1.82, 2.24) is 5.32 Å². The van der Waals surface area contributed by atoms with Crippen molar-refractivity contribution in [2.24, 2.45) is 0 Å². The molecule has 122 valence electrons. The van der Waals surface area contributed by atoms with Crippen molar-refractivity contribution in [3.05, 3.63) is 64.1 Å². The van der Waals surface area contributed by atoms with Gasteiger partial charge in [-0.25, -0.2) is 0 Å². The summed E-state index contributed by atoms with van der Waals surface area (Å²) in [5.74, 6) is -0.229. The molecular formula is C15H10Cl5NO2. The largest absolute Gasteiger partial charge is 0.464 e. The fourth-order valence-corrected chi connectivity index (χ4v) is 2.35. The van der Waals surface area contributed by atoms with Crippen molar-refractivity contribution in [3.8, 4) is 5.75 Å². The Morgan fingerprint density at radius 2 is 1.74 bits per heavy atom. The molecule has 8 heteroatoms. The molecular weight excluding hydrogens is 403 g/mol. The topological polar surface area (TPSA) is 38.3 Å². The van der Waals surface area contributed by atoms with Crippen LogP contribution in [-0.2, 0) is 0 Å². The molecule has 0 unspecified atom stereocenters. The molecule has 0 aliphatic rings. The number of ether oxygens (including phenoxy) is 1. The molecule has 2 rings (SSSR count). The van der Waals surface area contributed by atoms with Crippen LogP contribution in [0.5, 0.6) is 5.75 Å². The van der Waals surface area contributed by atoms with Gasteiger partial charge in [0.2, 0.25) is 10.0 Å². The van der Waals surface area contributed by atoms with Crippen molar-refractivity contribution >= 4 is 63.9 Å². The number of nitrogens with one attached hydrogen (secondary N) is 1. The highest BCUT2D eigenvalue weighted by Gasteiger charge is 2.36. The van der Waals surface area contributed by atoms with Crippen molar-refractivity contribution < 1.29 is 9.53 Å². The summed E-state index contributed by atoms with van der Waals surface area (Å²) in [6, 6.07) is 13.0. The Bertz CT molecular complexity index is 702. The molecule has 0 fully saturated rings. The van der Waals surface area contributed by atoms with Gasteiger partial charge < -0.3 is 10.1 Å². The third kappa shape index (κ3) is 5.33. The standard InChI is InChI=1S/C15H10Cl5NO2/c16-10-5-3-4-9(8-10)13(22)21-14(15(18,19)20)23-12-7-2-1-6-11(12)17/h1-8,14H,(H,21,22)/t14-/m1/s1. The van der Waals surface area contributed by atoms with Crippen molar-refractivity contribution in [2.75, 3.05) is 0 Å². The molecule has 1 atom stereocenters. The normalized spacial score (nSPS) is 12.6. The molecule has 3 nitrogen and oxygen atoms in total. The van der Waals surface area contributed by atoms with Gasteiger partial charge in [-0.1, -0.05) is 76.2 Å². The number of amides is 1. The molecule has 0 bridgehead atoms. The summed E-state index contributed by atoms with van der Waals surface area (Å²) in [4.78, 5) is 12.3. The van der Waals surface area contributed by atoms with Crippen LogP contribution in [-0.4, -0.2) is 15.9 Å². The summed E-state index contributed by atoms with van der Waals surface area (Å²) < 4.78 is 3.63. The van der Waals surface area contributed by atoms with E-state index in [1.165, 1.54) is 6.07 Å². The highest BCUT2D eigenvalue weighted by molar-refractivity contribution is 6.68. The highest BCUT2D eigenvalue weighted by atomic mass is 35.6. The molecule has 0 aromatic heterocycles. The minimum atomic E-state index is -1.91. The first-order valence-corrected chi connectivity index (χ1v) is 8.20. The molecule has 0 spiro atoms. The Hall–Kier alpha value is -0.840. The SMILES string of the molecule is O=C(N[C@H](Oc1ccccc1Cl)C(Cl)(Cl)Cl)c1cccc(Cl)c1.